The number of hydrogen-bond donors (Lipinski definition) is 4. The fourth-order valence-corrected chi connectivity index (χ4v) is 1.51. The number of carbonyl (C=O) groups is 1. The van der Waals surface area contributed by atoms with E-state index in [9.17, 15) is 4.79 Å². The molecule has 1 saturated heterocycles. The third-order valence-electron chi connectivity index (χ3n) is 2.58. The lowest BCUT2D eigenvalue weighted by Gasteiger charge is -2.32. The normalized spacial score (nSPS) is 29.8. The van der Waals surface area contributed by atoms with Crippen molar-refractivity contribution in [3.63, 3.8) is 0 Å². The molecule has 2 unspecified atom stereocenters. The smallest absolute Gasteiger partial charge is 0.319 e. The lowest BCUT2D eigenvalue weighted by atomic mass is 9.84. The second-order valence-electron chi connectivity index (χ2n) is 3.32. The molecule has 0 saturated carbocycles. The maximum absolute atomic E-state index is 11.0. The number of aliphatic hydroxyl groups is 1. The first-order chi connectivity index (χ1) is 6.06. The zero-order chi connectivity index (χ0) is 10.1. The van der Waals surface area contributed by atoms with Crippen molar-refractivity contribution in [3.8, 4) is 0 Å². The van der Waals surface area contributed by atoms with E-state index in [-0.39, 0.29) is 25.1 Å². The van der Waals surface area contributed by atoms with Gasteiger partial charge in [-0.05, 0) is 0 Å². The first kappa shape index (κ1) is 10.0. The van der Waals surface area contributed by atoms with Gasteiger partial charge in [-0.15, -0.1) is 0 Å². The van der Waals surface area contributed by atoms with E-state index in [1.165, 1.54) is 0 Å². The van der Waals surface area contributed by atoms with Crippen LogP contribution in [-0.2, 0) is 0 Å². The van der Waals surface area contributed by atoms with Gasteiger partial charge in [-0.2, -0.15) is 0 Å². The van der Waals surface area contributed by atoms with Crippen molar-refractivity contribution >= 4 is 6.03 Å². The molecule has 5 nitrogen and oxygen atoms in total. The third-order valence-corrected chi connectivity index (χ3v) is 2.58. The summed E-state index contributed by atoms with van der Waals surface area (Å²) in [5, 5.41) is 14.2. The maximum atomic E-state index is 11.0. The molecule has 1 aliphatic heterocycles. The highest BCUT2D eigenvalue weighted by Gasteiger charge is 2.44. The van der Waals surface area contributed by atoms with Crippen LogP contribution < -0.4 is 16.4 Å². The van der Waals surface area contributed by atoms with Crippen LogP contribution in [0.1, 0.15) is 6.92 Å². The van der Waals surface area contributed by atoms with E-state index >= 15 is 0 Å². The molecule has 0 aliphatic carbocycles. The molecule has 0 bridgehead atoms. The third kappa shape index (κ3) is 1.40. The molecule has 1 rings (SSSR count). The van der Waals surface area contributed by atoms with E-state index in [4.69, 9.17) is 10.8 Å². The maximum Gasteiger partial charge on any atom is 0.319 e. The second kappa shape index (κ2) is 3.35. The summed E-state index contributed by atoms with van der Waals surface area (Å²) in [7, 11) is 0. The largest absolute Gasteiger partial charge is 0.396 e. The monoisotopic (exact) mass is 185 g/mol. The molecule has 2 atom stereocenters. The summed E-state index contributed by atoms with van der Waals surface area (Å²) in [5.74, 6) is -0.149. The van der Waals surface area contributed by atoms with Gasteiger partial charge in [0, 0.05) is 24.8 Å². The van der Waals surface area contributed by atoms with Gasteiger partial charge >= 0.3 is 6.03 Å². The van der Waals surface area contributed by atoms with E-state index < -0.39 is 5.54 Å². The highest BCUT2D eigenvalue weighted by atomic mass is 16.3. The van der Waals surface area contributed by atoms with Gasteiger partial charge in [-0.3, -0.25) is 0 Å². The average Bonchev–Trinajstić information content (AvgIpc) is 2.40. The first-order valence-electron chi connectivity index (χ1n) is 4.16. The number of urea groups is 1. The van der Waals surface area contributed by atoms with Crippen LogP contribution in [0.15, 0.2) is 12.3 Å². The molecular weight excluding hydrogens is 170 g/mol. The van der Waals surface area contributed by atoms with Gasteiger partial charge < -0.3 is 21.5 Å². The minimum atomic E-state index is -0.703. The number of nitrogens with two attached hydrogens (primary N) is 1. The van der Waals surface area contributed by atoms with E-state index in [1.54, 1.807) is 0 Å². The zero-order valence-electron chi connectivity index (χ0n) is 7.63. The van der Waals surface area contributed by atoms with Crippen molar-refractivity contribution in [1.82, 2.24) is 10.6 Å². The number of rotatable bonds is 3. The summed E-state index contributed by atoms with van der Waals surface area (Å²) in [4.78, 5) is 11.0. The Labute approximate surface area is 77.0 Å². The topological polar surface area (TPSA) is 87.4 Å². The molecule has 0 aromatic heterocycles. The number of nitrogens with one attached hydrogen (secondary N) is 2. The second-order valence-corrected chi connectivity index (χ2v) is 3.32. The Balaban J connectivity index is 2.93. The standard InChI is InChI=1S/C8H15N3O2/c1-5(3-12)8(4-9)6(2)10-7(13)11-8/h5,12H,2-4,9H2,1H3,(H2,10,11,13). The summed E-state index contributed by atoms with van der Waals surface area (Å²) < 4.78 is 0. The molecule has 1 aliphatic rings. The molecule has 0 spiro atoms. The molecule has 74 valence electrons. The summed E-state index contributed by atoms with van der Waals surface area (Å²) in [6, 6.07) is -0.309. The number of carbonyl (C=O) groups excluding carboxylic acids is 1. The predicted molar refractivity (Wildman–Crippen MR) is 48.8 cm³/mol. The molecule has 5 N–H and O–H groups in total. The van der Waals surface area contributed by atoms with Crippen molar-refractivity contribution in [3.05, 3.63) is 12.3 Å². The summed E-state index contributed by atoms with van der Waals surface area (Å²) in [5.41, 5.74) is 5.40. The Bertz CT molecular complexity index is 242. The van der Waals surface area contributed by atoms with Gasteiger partial charge in [0.25, 0.3) is 0 Å². The zero-order valence-corrected chi connectivity index (χ0v) is 7.63. The molecular formula is C8H15N3O2. The molecule has 1 fully saturated rings. The number of hydrogen-bond acceptors (Lipinski definition) is 3. The molecule has 1 heterocycles. The van der Waals surface area contributed by atoms with Crippen LogP contribution in [0.4, 0.5) is 4.79 Å². The quantitative estimate of drug-likeness (QED) is 0.461. The average molecular weight is 185 g/mol. The van der Waals surface area contributed by atoms with Gasteiger partial charge in [0.1, 0.15) is 0 Å². The number of aliphatic hydroxyl groups excluding tert-OH is 1. The Morgan fingerprint density at radius 2 is 2.38 bits per heavy atom. The fraction of sp³-hybridized carbons (Fsp3) is 0.625. The van der Waals surface area contributed by atoms with Crippen LogP contribution >= 0.6 is 0 Å². The fourth-order valence-electron chi connectivity index (χ4n) is 1.51. The van der Waals surface area contributed by atoms with Crippen molar-refractivity contribution in [2.24, 2.45) is 11.7 Å². The van der Waals surface area contributed by atoms with Gasteiger partial charge in [0.15, 0.2) is 0 Å². The van der Waals surface area contributed by atoms with Gasteiger partial charge in [-0.25, -0.2) is 4.79 Å². The summed E-state index contributed by atoms with van der Waals surface area (Å²) in [6.45, 7) is 5.71. The highest BCUT2D eigenvalue weighted by molar-refractivity contribution is 5.81. The molecule has 0 radical (unpaired) electrons. The predicted octanol–water partition coefficient (Wildman–Crippen LogP) is -0.861. The SMILES string of the molecule is C=C1NC(=O)NC1(CN)C(C)CO. The molecule has 5 heteroatoms. The Hall–Kier alpha value is -1.07. The van der Waals surface area contributed by atoms with Crippen LogP contribution in [0.25, 0.3) is 0 Å². The molecule has 2 amide bonds. The van der Waals surface area contributed by atoms with Gasteiger partial charge in [0.2, 0.25) is 0 Å². The lowest BCUT2D eigenvalue weighted by molar-refractivity contribution is 0.173. The van der Waals surface area contributed by atoms with Crippen LogP contribution in [0.2, 0.25) is 0 Å². The Kier molecular flexibility index (Phi) is 2.58. The molecule has 0 aromatic carbocycles. The van der Waals surface area contributed by atoms with Crippen molar-refractivity contribution < 1.29 is 9.90 Å². The first-order valence-corrected chi connectivity index (χ1v) is 4.16. The van der Waals surface area contributed by atoms with E-state index in [0.29, 0.717) is 5.70 Å². The van der Waals surface area contributed by atoms with Crippen LogP contribution in [-0.4, -0.2) is 29.8 Å². The Morgan fingerprint density at radius 1 is 1.77 bits per heavy atom. The summed E-state index contributed by atoms with van der Waals surface area (Å²) in [6.07, 6.45) is 0. The lowest BCUT2D eigenvalue weighted by Crippen LogP contribution is -2.54. The van der Waals surface area contributed by atoms with Crippen LogP contribution in [0.3, 0.4) is 0 Å². The van der Waals surface area contributed by atoms with Crippen LogP contribution in [0, 0.1) is 5.92 Å². The van der Waals surface area contributed by atoms with Crippen LogP contribution in [0.5, 0.6) is 0 Å². The Morgan fingerprint density at radius 3 is 2.69 bits per heavy atom. The van der Waals surface area contributed by atoms with Gasteiger partial charge in [-0.1, -0.05) is 13.5 Å². The van der Waals surface area contributed by atoms with E-state index in [1.807, 2.05) is 6.92 Å². The van der Waals surface area contributed by atoms with E-state index in [0.717, 1.165) is 0 Å². The summed E-state index contributed by atoms with van der Waals surface area (Å²) >= 11 is 0. The molecule has 13 heavy (non-hydrogen) atoms. The van der Waals surface area contributed by atoms with Crippen molar-refractivity contribution in [1.29, 1.82) is 0 Å². The van der Waals surface area contributed by atoms with Crippen molar-refractivity contribution in [2.45, 2.75) is 12.5 Å². The minimum Gasteiger partial charge on any atom is -0.396 e. The highest BCUT2D eigenvalue weighted by Crippen LogP contribution is 2.25. The van der Waals surface area contributed by atoms with Gasteiger partial charge in [0.05, 0.1) is 5.54 Å². The van der Waals surface area contributed by atoms with Crippen molar-refractivity contribution in [2.75, 3.05) is 13.2 Å². The minimum absolute atomic E-state index is 0.0435. The number of amides is 2. The van der Waals surface area contributed by atoms with E-state index in [2.05, 4.69) is 17.2 Å². The molecule has 0 aromatic rings.